The molecule has 3 heteroatoms. The Bertz CT molecular complexity index is 199. The predicted molar refractivity (Wildman–Crippen MR) is 47.1 cm³/mol. The number of carboxylic acid groups (broad SMARTS) is 1. The number of nitrogens with zero attached hydrogens (tertiary/aromatic N) is 1. The topological polar surface area (TPSA) is 40.5 Å². The van der Waals surface area contributed by atoms with Crippen molar-refractivity contribution >= 4 is 5.97 Å². The maximum absolute atomic E-state index is 10.3. The minimum atomic E-state index is -0.699. The molecular formula is C9H15NO2. The largest absolute Gasteiger partial charge is 0.481 e. The van der Waals surface area contributed by atoms with Gasteiger partial charge in [-0.25, -0.2) is 0 Å². The zero-order chi connectivity index (χ0) is 8.97. The van der Waals surface area contributed by atoms with Crippen LogP contribution < -0.4 is 0 Å². The van der Waals surface area contributed by atoms with Crippen LogP contribution in [-0.2, 0) is 4.79 Å². The van der Waals surface area contributed by atoms with E-state index in [4.69, 9.17) is 5.11 Å². The Kier molecular flexibility index (Phi) is 3.29. The van der Waals surface area contributed by atoms with Crippen molar-refractivity contribution in [3.8, 4) is 0 Å². The van der Waals surface area contributed by atoms with Crippen LogP contribution in [-0.4, -0.2) is 36.1 Å². The number of carbonyl (C=O) groups is 1. The van der Waals surface area contributed by atoms with Crippen LogP contribution in [0.5, 0.6) is 0 Å². The number of hydrogen-bond acceptors (Lipinski definition) is 2. The molecule has 0 atom stereocenters. The summed E-state index contributed by atoms with van der Waals surface area (Å²) in [7, 11) is 2.07. The van der Waals surface area contributed by atoms with Crippen LogP contribution in [0.2, 0.25) is 0 Å². The lowest BCUT2D eigenvalue weighted by Crippen LogP contribution is -2.24. The molecule has 0 saturated heterocycles. The molecule has 0 aromatic carbocycles. The SMILES string of the molecule is CN1CC=C(CCC(=O)O)CC1. The number of rotatable bonds is 3. The molecule has 1 aliphatic rings. The molecule has 68 valence electrons. The predicted octanol–water partition coefficient (Wildman–Crippen LogP) is 1.11. The van der Waals surface area contributed by atoms with Gasteiger partial charge in [-0.05, 0) is 19.9 Å². The quantitative estimate of drug-likeness (QED) is 0.643. The van der Waals surface area contributed by atoms with Gasteiger partial charge in [-0.1, -0.05) is 11.6 Å². The number of hydrogen-bond donors (Lipinski definition) is 1. The molecule has 0 saturated carbocycles. The van der Waals surface area contributed by atoms with E-state index in [1.165, 1.54) is 5.57 Å². The molecule has 0 unspecified atom stereocenters. The third-order valence-electron chi connectivity index (χ3n) is 2.17. The normalized spacial score (nSPS) is 18.9. The molecule has 0 bridgehead atoms. The number of aliphatic carboxylic acids is 1. The molecule has 0 aliphatic carbocycles. The van der Waals surface area contributed by atoms with E-state index in [-0.39, 0.29) is 6.42 Å². The minimum Gasteiger partial charge on any atom is -0.481 e. The Morgan fingerprint density at radius 1 is 1.75 bits per heavy atom. The highest BCUT2D eigenvalue weighted by Gasteiger charge is 2.08. The van der Waals surface area contributed by atoms with Crippen LogP contribution in [0.25, 0.3) is 0 Å². The number of carboxylic acids is 1. The van der Waals surface area contributed by atoms with Gasteiger partial charge in [0, 0.05) is 19.5 Å². The van der Waals surface area contributed by atoms with Gasteiger partial charge in [-0.2, -0.15) is 0 Å². The number of likely N-dealkylation sites (N-methyl/N-ethyl adjacent to an activating group) is 1. The van der Waals surface area contributed by atoms with Crippen LogP contribution in [0.4, 0.5) is 0 Å². The first-order valence-electron chi connectivity index (χ1n) is 4.26. The van der Waals surface area contributed by atoms with E-state index >= 15 is 0 Å². The molecule has 0 amide bonds. The molecule has 12 heavy (non-hydrogen) atoms. The summed E-state index contributed by atoms with van der Waals surface area (Å²) in [4.78, 5) is 12.5. The molecule has 1 N–H and O–H groups in total. The fourth-order valence-corrected chi connectivity index (χ4v) is 1.31. The van der Waals surface area contributed by atoms with Crippen LogP contribution >= 0.6 is 0 Å². The molecule has 0 aromatic heterocycles. The highest BCUT2D eigenvalue weighted by atomic mass is 16.4. The van der Waals surface area contributed by atoms with Crippen LogP contribution in [0, 0.1) is 0 Å². The van der Waals surface area contributed by atoms with Crippen LogP contribution in [0.15, 0.2) is 11.6 Å². The van der Waals surface area contributed by atoms with Gasteiger partial charge in [-0.15, -0.1) is 0 Å². The zero-order valence-electron chi connectivity index (χ0n) is 7.42. The molecule has 0 spiro atoms. The molecule has 1 aliphatic heterocycles. The summed E-state index contributed by atoms with van der Waals surface area (Å²) in [6.45, 7) is 2.03. The highest BCUT2D eigenvalue weighted by molar-refractivity contribution is 5.67. The molecule has 1 heterocycles. The maximum atomic E-state index is 10.3. The van der Waals surface area contributed by atoms with Gasteiger partial charge < -0.3 is 10.0 Å². The molecular weight excluding hydrogens is 154 g/mol. The van der Waals surface area contributed by atoms with E-state index in [9.17, 15) is 4.79 Å². The Labute approximate surface area is 72.7 Å². The molecule has 3 nitrogen and oxygen atoms in total. The van der Waals surface area contributed by atoms with E-state index in [0.29, 0.717) is 0 Å². The summed E-state index contributed by atoms with van der Waals surface area (Å²) in [5, 5.41) is 8.46. The third kappa shape index (κ3) is 3.05. The lowest BCUT2D eigenvalue weighted by atomic mass is 10.0. The van der Waals surface area contributed by atoms with E-state index in [2.05, 4.69) is 18.0 Å². The van der Waals surface area contributed by atoms with E-state index in [1.54, 1.807) is 0 Å². The minimum absolute atomic E-state index is 0.273. The first kappa shape index (κ1) is 9.26. The van der Waals surface area contributed by atoms with Crippen molar-refractivity contribution in [2.75, 3.05) is 20.1 Å². The molecule has 1 rings (SSSR count). The standard InChI is InChI=1S/C9H15NO2/c1-10-6-4-8(5-7-10)2-3-9(11)12/h4H,2-3,5-7H2,1H3,(H,11,12). The second kappa shape index (κ2) is 4.26. The van der Waals surface area contributed by atoms with Gasteiger partial charge in [0.25, 0.3) is 0 Å². The Balaban J connectivity index is 2.29. The fraction of sp³-hybridized carbons (Fsp3) is 0.667. The summed E-state index contributed by atoms with van der Waals surface area (Å²) in [6.07, 6.45) is 4.18. The molecule has 0 radical (unpaired) electrons. The van der Waals surface area contributed by atoms with Crippen molar-refractivity contribution in [3.63, 3.8) is 0 Å². The van der Waals surface area contributed by atoms with Gasteiger partial charge in [-0.3, -0.25) is 4.79 Å². The average Bonchev–Trinajstić information content (AvgIpc) is 2.03. The van der Waals surface area contributed by atoms with Crippen molar-refractivity contribution in [1.82, 2.24) is 4.90 Å². The van der Waals surface area contributed by atoms with Gasteiger partial charge in [0.15, 0.2) is 0 Å². The summed E-state index contributed by atoms with van der Waals surface area (Å²) < 4.78 is 0. The van der Waals surface area contributed by atoms with Gasteiger partial charge >= 0.3 is 5.97 Å². The van der Waals surface area contributed by atoms with Gasteiger partial charge in [0.2, 0.25) is 0 Å². The molecule has 0 fully saturated rings. The van der Waals surface area contributed by atoms with E-state index in [0.717, 1.165) is 25.9 Å². The first-order chi connectivity index (χ1) is 5.68. The monoisotopic (exact) mass is 169 g/mol. The third-order valence-corrected chi connectivity index (χ3v) is 2.17. The molecule has 0 aromatic rings. The lowest BCUT2D eigenvalue weighted by Gasteiger charge is -2.21. The summed E-state index contributed by atoms with van der Waals surface area (Å²) >= 11 is 0. The van der Waals surface area contributed by atoms with Crippen molar-refractivity contribution in [2.24, 2.45) is 0 Å². The first-order valence-corrected chi connectivity index (χ1v) is 4.26. The lowest BCUT2D eigenvalue weighted by molar-refractivity contribution is -0.136. The van der Waals surface area contributed by atoms with Crippen molar-refractivity contribution in [1.29, 1.82) is 0 Å². The second-order valence-electron chi connectivity index (χ2n) is 3.27. The Morgan fingerprint density at radius 3 is 3.00 bits per heavy atom. The fourth-order valence-electron chi connectivity index (χ4n) is 1.31. The maximum Gasteiger partial charge on any atom is 0.303 e. The van der Waals surface area contributed by atoms with Crippen molar-refractivity contribution in [3.05, 3.63) is 11.6 Å². The summed E-state index contributed by atoms with van der Waals surface area (Å²) in [6, 6.07) is 0. The Morgan fingerprint density at radius 2 is 2.50 bits per heavy atom. The summed E-state index contributed by atoms with van der Waals surface area (Å²) in [5.41, 5.74) is 1.30. The second-order valence-corrected chi connectivity index (χ2v) is 3.27. The Hall–Kier alpha value is -0.830. The summed E-state index contributed by atoms with van der Waals surface area (Å²) in [5.74, 6) is -0.699. The van der Waals surface area contributed by atoms with Crippen molar-refractivity contribution in [2.45, 2.75) is 19.3 Å². The van der Waals surface area contributed by atoms with Crippen LogP contribution in [0.1, 0.15) is 19.3 Å². The van der Waals surface area contributed by atoms with E-state index < -0.39 is 5.97 Å². The highest BCUT2D eigenvalue weighted by Crippen LogP contribution is 2.14. The van der Waals surface area contributed by atoms with Crippen molar-refractivity contribution < 1.29 is 9.90 Å². The average molecular weight is 169 g/mol. The smallest absolute Gasteiger partial charge is 0.303 e. The van der Waals surface area contributed by atoms with Gasteiger partial charge in [0.1, 0.15) is 0 Å². The zero-order valence-corrected chi connectivity index (χ0v) is 7.42. The van der Waals surface area contributed by atoms with Crippen LogP contribution in [0.3, 0.4) is 0 Å². The van der Waals surface area contributed by atoms with E-state index in [1.807, 2.05) is 0 Å². The van der Waals surface area contributed by atoms with Gasteiger partial charge in [0.05, 0.1) is 0 Å².